The van der Waals surface area contributed by atoms with E-state index in [9.17, 15) is 14.7 Å². The van der Waals surface area contributed by atoms with Gasteiger partial charge in [0.2, 0.25) is 5.91 Å². The molecule has 0 saturated carbocycles. The van der Waals surface area contributed by atoms with Crippen LogP contribution in [0.3, 0.4) is 0 Å². The molecule has 0 unspecified atom stereocenters. The molecule has 2 amide bonds. The Morgan fingerprint density at radius 2 is 1.83 bits per heavy atom. The third kappa shape index (κ3) is 5.90. The molecule has 0 heterocycles. The van der Waals surface area contributed by atoms with Gasteiger partial charge in [-0.15, -0.1) is 0 Å². The Morgan fingerprint density at radius 1 is 1.26 bits per heavy atom. The Labute approximate surface area is 137 Å². The molecule has 0 bridgehead atoms. The van der Waals surface area contributed by atoms with Gasteiger partial charge in [0.15, 0.2) is 0 Å². The number of nitrogens with two attached hydrogens (primary N) is 1. The van der Waals surface area contributed by atoms with E-state index in [0.29, 0.717) is 6.42 Å². The van der Waals surface area contributed by atoms with Crippen LogP contribution in [0.1, 0.15) is 33.3 Å². The van der Waals surface area contributed by atoms with Gasteiger partial charge in [-0.05, 0) is 39.7 Å². The number of nitrogens with zero attached hydrogens (tertiary/aromatic N) is 1. The predicted molar refractivity (Wildman–Crippen MR) is 90.2 cm³/mol. The van der Waals surface area contributed by atoms with E-state index in [2.05, 4.69) is 5.32 Å². The van der Waals surface area contributed by atoms with Crippen LogP contribution in [0.4, 0.5) is 4.79 Å². The summed E-state index contributed by atoms with van der Waals surface area (Å²) in [6.07, 6.45) is -0.489. The van der Waals surface area contributed by atoms with Crippen LogP contribution >= 0.6 is 0 Å². The molecule has 0 aliphatic carbocycles. The quantitative estimate of drug-likeness (QED) is 0.745. The molecule has 1 aromatic carbocycles. The Morgan fingerprint density at radius 3 is 2.26 bits per heavy atom. The number of amides is 2. The van der Waals surface area contributed by atoms with E-state index >= 15 is 0 Å². The average molecular weight is 321 g/mol. The Balaban J connectivity index is 2.99. The normalized spacial score (nSPS) is 14.0. The van der Waals surface area contributed by atoms with E-state index in [1.165, 1.54) is 4.90 Å². The fourth-order valence-electron chi connectivity index (χ4n) is 2.51. The molecule has 128 valence electrons. The second kappa shape index (κ2) is 7.97. The van der Waals surface area contributed by atoms with Crippen LogP contribution in [-0.4, -0.2) is 46.2 Å². The fraction of sp³-hybridized carbons (Fsp3) is 0.529. The van der Waals surface area contributed by atoms with Gasteiger partial charge in [0, 0.05) is 12.1 Å². The lowest BCUT2D eigenvalue weighted by molar-refractivity contribution is -0.122. The van der Waals surface area contributed by atoms with E-state index in [0.717, 1.165) is 5.56 Å². The highest BCUT2D eigenvalue weighted by Crippen LogP contribution is 2.20. The second-order valence-corrected chi connectivity index (χ2v) is 6.70. The third-order valence-corrected chi connectivity index (χ3v) is 3.53. The number of carbonyl (C=O) groups is 2. The Hall–Kier alpha value is -2.08. The van der Waals surface area contributed by atoms with Crippen LogP contribution in [0, 0.1) is 0 Å². The standard InChI is InChI=1S/C17H27N3O3/c1-12(18)15(21)19-11-14(10-13-8-6-5-7-9-13)20(16(22)23)17(2,3)4/h5-9,12,14H,10-11,18H2,1-4H3,(H,19,21)(H,22,23)/t12-,14+/m1/s1. The van der Waals surface area contributed by atoms with Crippen LogP contribution in [0.5, 0.6) is 0 Å². The maximum absolute atomic E-state index is 11.7. The van der Waals surface area contributed by atoms with E-state index in [1.807, 2.05) is 51.1 Å². The fourth-order valence-corrected chi connectivity index (χ4v) is 2.51. The minimum absolute atomic E-state index is 0.221. The van der Waals surface area contributed by atoms with E-state index in [-0.39, 0.29) is 18.5 Å². The van der Waals surface area contributed by atoms with Gasteiger partial charge in [0.25, 0.3) is 0 Å². The molecule has 0 aliphatic rings. The van der Waals surface area contributed by atoms with E-state index in [4.69, 9.17) is 5.73 Å². The molecule has 0 aliphatic heterocycles. The lowest BCUT2D eigenvalue weighted by Gasteiger charge is -2.40. The summed E-state index contributed by atoms with van der Waals surface area (Å²) in [5.74, 6) is -0.290. The highest BCUT2D eigenvalue weighted by molar-refractivity contribution is 5.81. The number of hydrogen-bond donors (Lipinski definition) is 3. The second-order valence-electron chi connectivity index (χ2n) is 6.70. The van der Waals surface area contributed by atoms with Gasteiger partial charge in [0.05, 0.1) is 12.1 Å². The summed E-state index contributed by atoms with van der Waals surface area (Å²) in [4.78, 5) is 24.9. The average Bonchev–Trinajstić information content (AvgIpc) is 2.43. The number of carbonyl (C=O) groups excluding carboxylic acids is 1. The van der Waals surface area contributed by atoms with Crippen molar-refractivity contribution in [3.05, 3.63) is 35.9 Å². The van der Waals surface area contributed by atoms with Crippen molar-refractivity contribution in [3.63, 3.8) is 0 Å². The zero-order chi connectivity index (χ0) is 17.6. The maximum atomic E-state index is 11.7. The zero-order valence-corrected chi connectivity index (χ0v) is 14.2. The number of hydrogen-bond acceptors (Lipinski definition) is 3. The summed E-state index contributed by atoms with van der Waals surface area (Å²) in [7, 11) is 0. The Kier molecular flexibility index (Phi) is 6.57. The van der Waals surface area contributed by atoms with Crippen molar-refractivity contribution in [2.75, 3.05) is 6.54 Å². The topological polar surface area (TPSA) is 95.7 Å². The van der Waals surface area contributed by atoms with Crippen LogP contribution in [0.15, 0.2) is 30.3 Å². The van der Waals surface area contributed by atoms with Crippen molar-refractivity contribution in [2.24, 2.45) is 5.73 Å². The third-order valence-electron chi connectivity index (χ3n) is 3.53. The molecule has 0 saturated heterocycles. The molecule has 0 fully saturated rings. The summed E-state index contributed by atoms with van der Waals surface area (Å²) in [6.45, 7) is 7.34. The molecule has 6 heteroatoms. The predicted octanol–water partition coefficient (Wildman–Crippen LogP) is 1.84. The highest BCUT2D eigenvalue weighted by Gasteiger charge is 2.33. The molecular weight excluding hydrogens is 294 g/mol. The van der Waals surface area contributed by atoms with Crippen molar-refractivity contribution in [3.8, 4) is 0 Å². The first-order valence-corrected chi connectivity index (χ1v) is 7.72. The largest absolute Gasteiger partial charge is 0.465 e. The van der Waals surface area contributed by atoms with Crippen LogP contribution in [-0.2, 0) is 11.2 Å². The van der Waals surface area contributed by atoms with Crippen molar-refractivity contribution in [2.45, 2.75) is 51.7 Å². The molecule has 1 aromatic rings. The van der Waals surface area contributed by atoms with Crippen molar-refractivity contribution >= 4 is 12.0 Å². The molecular formula is C17H27N3O3. The molecule has 6 nitrogen and oxygen atoms in total. The van der Waals surface area contributed by atoms with Crippen LogP contribution in [0.25, 0.3) is 0 Å². The summed E-state index contributed by atoms with van der Waals surface area (Å²) < 4.78 is 0. The smallest absolute Gasteiger partial charge is 0.408 e. The molecule has 0 aromatic heterocycles. The van der Waals surface area contributed by atoms with E-state index in [1.54, 1.807) is 6.92 Å². The number of nitrogens with one attached hydrogen (secondary N) is 1. The minimum Gasteiger partial charge on any atom is -0.465 e. The zero-order valence-electron chi connectivity index (χ0n) is 14.2. The first-order valence-electron chi connectivity index (χ1n) is 7.72. The number of carboxylic acid groups (broad SMARTS) is 1. The Bertz CT molecular complexity index is 524. The van der Waals surface area contributed by atoms with Gasteiger partial charge in [0.1, 0.15) is 0 Å². The van der Waals surface area contributed by atoms with Gasteiger partial charge >= 0.3 is 6.09 Å². The SMILES string of the molecule is C[C@@H](N)C(=O)NC[C@H](Cc1ccccc1)N(C(=O)O)C(C)(C)C. The maximum Gasteiger partial charge on any atom is 0.408 e. The van der Waals surface area contributed by atoms with Gasteiger partial charge in [-0.25, -0.2) is 4.79 Å². The summed E-state index contributed by atoms with van der Waals surface area (Å²) >= 11 is 0. The minimum atomic E-state index is -1.01. The van der Waals surface area contributed by atoms with Gasteiger partial charge in [-0.3, -0.25) is 9.69 Å². The number of rotatable bonds is 6. The molecule has 0 spiro atoms. The highest BCUT2D eigenvalue weighted by atomic mass is 16.4. The lowest BCUT2D eigenvalue weighted by atomic mass is 9.98. The first kappa shape index (κ1) is 19.0. The van der Waals surface area contributed by atoms with Crippen molar-refractivity contribution in [1.29, 1.82) is 0 Å². The van der Waals surface area contributed by atoms with Crippen molar-refractivity contribution < 1.29 is 14.7 Å². The molecule has 4 N–H and O–H groups in total. The van der Waals surface area contributed by atoms with Crippen molar-refractivity contribution in [1.82, 2.24) is 10.2 Å². The summed E-state index contributed by atoms with van der Waals surface area (Å²) in [5.41, 5.74) is 5.99. The molecule has 0 radical (unpaired) electrons. The van der Waals surface area contributed by atoms with E-state index < -0.39 is 17.7 Å². The lowest BCUT2D eigenvalue weighted by Crippen LogP contribution is -2.56. The summed E-state index contributed by atoms with van der Waals surface area (Å²) in [5, 5.41) is 12.4. The monoisotopic (exact) mass is 321 g/mol. The molecule has 1 rings (SSSR count). The molecule has 2 atom stereocenters. The molecule has 23 heavy (non-hydrogen) atoms. The number of benzene rings is 1. The van der Waals surface area contributed by atoms with Gasteiger partial charge in [-0.2, -0.15) is 0 Å². The van der Waals surface area contributed by atoms with Crippen LogP contribution in [0.2, 0.25) is 0 Å². The van der Waals surface area contributed by atoms with Gasteiger partial charge < -0.3 is 16.2 Å². The summed E-state index contributed by atoms with van der Waals surface area (Å²) in [6, 6.07) is 8.63. The first-order chi connectivity index (χ1) is 10.6. The van der Waals surface area contributed by atoms with Crippen LogP contribution < -0.4 is 11.1 Å². The van der Waals surface area contributed by atoms with Gasteiger partial charge in [-0.1, -0.05) is 30.3 Å².